The molecule has 8 heteroatoms. The summed E-state index contributed by atoms with van der Waals surface area (Å²) in [6.45, 7) is 5.97. The molecule has 5 rings (SSSR count). The predicted molar refractivity (Wildman–Crippen MR) is 101 cm³/mol. The van der Waals surface area contributed by atoms with Gasteiger partial charge in [-0.3, -0.25) is 0 Å². The molecule has 1 aliphatic heterocycles. The summed E-state index contributed by atoms with van der Waals surface area (Å²) < 4.78 is 1.70. The van der Waals surface area contributed by atoms with Crippen molar-refractivity contribution in [1.82, 2.24) is 34.8 Å². The molecule has 4 heterocycles. The minimum absolute atomic E-state index is 0.297. The fourth-order valence-corrected chi connectivity index (χ4v) is 3.66. The Labute approximate surface area is 155 Å². The van der Waals surface area contributed by atoms with Gasteiger partial charge in [0.25, 0.3) is 5.78 Å². The van der Waals surface area contributed by atoms with Gasteiger partial charge in [0.05, 0.1) is 11.4 Å². The molecule has 0 radical (unpaired) electrons. The molecule has 1 atom stereocenters. The van der Waals surface area contributed by atoms with E-state index in [9.17, 15) is 0 Å². The Kier molecular flexibility index (Phi) is 3.40. The zero-order chi connectivity index (χ0) is 18.5. The van der Waals surface area contributed by atoms with Crippen LogP contribution in [0.1, 0.15) is 24.0 Å². The van der Waals surface area contributed by atoms with Crippen molar-refractivity contribution >= 4 is 17.4 Å². The van der Waals surface area contributed by atoms with Crippen molar-refractivity contribution in [1.29, 1.82) is 0 Å². The fourth-order valence-electron chi connectivity index (χ4n) is 3.66. The normalized spacial score (nSPS) is 16.1. The van der Waals surface area contributed by atoms with Crippen molar-refractivity contribution in [2.45, 2.75) is 33.2 Å². The highest BCUT2D eigenvalue weighted by atomic mass is 15.4. The number of para-hydroxylation sites is 1. The van der Waals surface area contributed by atoms with Crippen LogP contribution in [0.2, 0.25) is 0 Å². The van der Waals surface area contributed by atoms with Crippen LogP contribution in [-0.2, 0) is 6.42 Å². The Balaban J connectivity index is 1.62. The van der Waals surface area contributed by atoms with Gasteiger partial charge in [0.1, 0.15) is 11.5 Å². The lowest BCUT2D eigenvalue weighted by molar-refractivity contribution is 0.739. The number of hydrogen-bond donors (Lipinski definition) is 0. The van der Waals surface area contributed by atoms with Crippen molar-refractivity contribution in [2.24, 2.45) is 0 Å². The second kappa shape index (κ2) is 5.80. The first-order chi connectivity index (χ1) is 13.1. The van der Waals surface area contributed by atoms with Crippen LogP contribution in [0.3, 0.4) is 0 Å². The smallest absolute Gasteiger partial charge is 0.272 e. The van der Waals surface area contributed by atoms with Crippen LogP contribution in [0.25, 0.3) is 17.2 Å². The van der Waals surface area contributed by atoms with Gasteiger partial charge in [-0.25, -0.2) is 9.97 Å². The number of hydrogen-bond acceptors (Lipinski definition) is 7. The molecule has 1 aromatic carbocycles. The van der Waals surface area contributed by atoms with Crippen molar-refractivity contribution in [2.75, 3.05) is 4.90 Å². The third kappa shape index (κ3) is 2.44. The third-order valence-electron chi connectivity index (χ3n) is 4.90. The van der Waals surface area contributed by atoms with Gasteiger partial charge in [-0.05, 0) is 44.9 Å². The van der Waals surface area contributed by atoms with Gasteiger partial charge in [-0.15, -0.1) is 15.3 Å². The van der Waals surface area contributed by atoms with Crippen LogP contribution in [0, 0.1) is 13.8 Å². The summed E-state index contributed by atoms with van der Waals surface area (Å²) in [5, 5.41) is 12.9. The average molecular weight is 358 g/mol. The topological polar surface area (TPSA) is 85.0 Å². The second-order valence-corrected chi connectivity index (χ2v) is 6.80. The van der Waals surface area contributed by atoms with Gasteiger partial charge in [-0.2, -0.15) is 9.50 Å². The van der Waals surface area contributed by atoms with Crippen LogP contribution in [-0.4, -0.2) is 40.8 Å². The molecule has 0 amide bonds. The van der Waals surface area contributed by atoms with Gasteiger partial charge < -0.3 is 4.90 Å². The molecule has 4 aromatic rings. The van der Waals surface area contributed by atoms with E-state index in [0.29, 0.717) is 29.3 Å². The molecule has 0 bridgehead atoms. The first-order valence-corrected chi connectivity index (χ1v) is 8.89. The average Bonchev–Trinajstić information content (AvgIpc) is 3.21. The quantitative estimate of drug-likeness (QED) is 0.544. The third-order valence-corrected chi connectivity index (χ3v) is 4.90. The molecule has 0 spiro atoms. The number of nitrogens with zero attached hydrogens (tertiary/aromatic N) is 8. The van der Waals surface area contributed by atoms with E-state index in [2.05, 4.69) is 55.3 Å². The molecular formula is C19H18N8. The number of rotatable bonds is 2. The molecule has 134 valence electrons. The van der Waals surface area contributed by atoms with Gasteiger partial charge in [0, 0.05) is 17.9 Å². The summed E-state index contributed by atoms with van der Waals surface area (Å²) in [4.78, 5) is 15.8. The van der Waals surface area contributed by atoms with E-state index in [4.69, 9.17) is 4.98 Å². The van der Waals surface area contributed by atoms with E-state index >= 15 is 0 Å². The SMILES string of the molecule is Cc1nc2nnc(-c3ccnc(N4c5ccccc5CC4C)n3)c(C)n2n1. The Hall–Kier alpha value is -3.42. The van der Waals surface area contributed by atoms with E-state index in [1.807, 2.05) is 26.0 Å². The maximum atomic E-state index is 4.80. The van der Waals surface area contributed by atoms with Crippen molar-refractivity contribution < 1.29 is 0 Å². The van der Waals surface area contributed by atoms with E-state index in [1.54, 1.807) is 10.7 Å². The molecule has 1 aliphatic rings. The number of benzene rings is 1. The standard InChI is InChI=1S/C19H18N8/c1-11-10-14-6-4-5-7-16(14)26(11)18-20-9-8-15(22-18)17-12(2)27-19(24-23-17)21-13(3)25-27/h4-9,11H,10H2,1-3H3. The molecule has 1 unspecified atom stereocenters. The molecule has 0 fully saturated rings. The summed E-state index contributed by atoms with van der Waals surface area (Å²) in [7, 11) is 0. The molecule has 0 saturated heterocycles. The minimum Gasteiger partial charge on any atom is -0.307 e. The Morgan fingerprint density at radius 3 is 2.78 bits per heavy atom. The molecule has 0 N–H and O–H groups in total. The van der Waals surface area contributed by atoms with Gasteiger partial charge >= 0.3 is 0 Å². The fraction of sp³-hybridized carbons (Fsp3) is 0.263. The lowest BCUT2D eigenvalue weighted by Gasteiger charge is -2.22. The summed E-state index contributed by atoms with van der Waals surface area (Å²) >= 11 is 0. The summed E-state index contributed by atoms with van der Waals surface area (Å²) in [6, 6.07) is 10.5. The molecule has 3 aromatic heterocycles. The summed E-state index contributed by atoms with van der Waals surface area (Å²) in [5.74, 6) is 1.82. The second-order valence-electron chi connectivity index (χ2n) is 6.80. The van der Waals surface area contributed by atoms with Crippen LogP contribution in [0.5, 0.6) is 0 Å². The van der Waals surface area contributed by atoms with Gasteiger partial charge in [0.2, 0.25) is 5.95 Å². The lowest BCUT2D eigenvalue weighted by atomic mass is 10.1. The maximum absolute atomic E-state index is 4.80. The summed E-state index contributed by atoms with van der Waals surface area (Å²) in [6.07, 6.45) is 2.75. The monoisotopic (exact) mass is 358 g/mol. The van der Waals surface area contributed by atoms with Crippen LogP contribution in [0.15, 0.2) is 36.5 Å². The number of aryl methyl sites for hydroxylation is 2. The van der Waals surface area contributed by atoms with E-state index < -0.39 is 0 Å². The highest BCUT2D eigenvalue weighted by Gasteiger charge is 2.29. The van der Waals surface area contributed by atoms with Gasteiger partial charge in [-0.1, -0.05) is 18.2 Å². The highest BCUT2D eigenvalue weighted by Crippen LogP contribution is 2.36. The number of anilines is 2. The van der Waals surface area contributed by atoms with E-state index in [1.165, 1.54) is 5.56 Å². The first kappa shape index (κ1) is 15.8. The maximum Gasteiger partial charge on any atom is 0.272 e. The van der Waals surface area contributed by atoms with Crippen LogP contribution < -0.4 is 4.90 Å². The zero-order valence-electron chi connectivity index (χ0n) is 15.3. The van der Waals surface area contributed by atoms with Crippen molar-refractivity contribution in [3.05, 3.63) is 53.6 Å². The Bertz CT molecular complexity index is 1170. The van der Waals surface area contributed by atoms with Crippen LogP contribution in [0.4, 0.5) is 11.6 Å². The minimum atomic E-state index is 0.297. The molecule has 0 aliphatic carbocycles. The zero-order valence-corrected chi connectivity index (χ0v) is 15.3. The van der Waals surface area contributed by atoms with Crippen molar-refractivity contribution in [3.8, 4) is 11.4 Å². The lowest BCUT2D eigenvalue weighted by Crippen LogP contribution is -2.26. The predicted octanol–water partition coefficient (Wildman–Crippen LogP) is 2.68. The Morgan fingerprint density at radius 2 is 1.89 bits per heavy atom. The molecule has 27 heavy (non-hydrogen) atoms. The largest absolute Gasteiger partial charge is 0.307 e. The van der Waals surface area contributed by atoms with Gasteiger partial charge in [0.15, 0.2) is 0 Å². The van der Waals surface area contributed by atoms with E-state index in [0.717, 1.165) is 23.5 Å². The van der Waals surface area contributed by atoms with E-state index in [-0.39, 0.29) is 0 Å². The molecule has 8 nitrogen and oxygen atoms in total. The highest BCUT2D eigenvalue weighted by molar-refractivity contribution is 5.68. The summed E-state index contributed by atoms with van der Waals surface area (Å²) in [5.41, 5.74) is 4.72. The molecule has 0 saturated carbocycles. The van der Waals surface area contributed by atoms with Crippen LogP contribution >= 0.6 is 0 Å². The number of fused-ring (bicyclic) bond motifs is 2. The molecular weight excluding hydrogens is 340 g/mol. The van der Waals surface area contributed by atoms with Crippen molar-refractivity contribution in [3.63, 3.8) is 0 Å². The number of aromatic nitrogens is 7. The Morgan fingerprint density at radius 1 is 1.04 bits per heavy atom. The first-order valence-electron chi connectivity index (χ1n) is 8.89.